The van der Waals surface area contributed by atoms with E-state index in [1.165, 1.54) is 118 Å². The maximum absolute atomic E-state index is 7.27. The molecule has 1 spiro atoms. The highest BCUT2D eigenvalue weighted by Gasteiger charge is 2.61. The molecule has 2 heteroatoms. The molecule has 1 heterocycles. The van der Waals surface area contributed by atoms with Crippen molar-refractivity contribution in [3.63, 3.8) is 0 Å². The van der Waals surface area contributed by atoms with Gasteiger partial charge in [-0.25, -0.2) is 0 Å². The molecule has 0 atom stereocenters. The smallest absolute Gasteiger partial charge is 0.139 e. The number of benzene rings is 6. The number of rotatable bonds is 4. The summed E-state index contributed by atoms with van der Waals surface area (Å²) >= 11 is 0. The second-order valence-corrected chi connectivity index (χ2v) is 21.2. The lowest BCUT2D eigenvalue weighted by Gasteiger charge is -2.63. The molecule has 0 saturated heterocycles. The van der Waals surface area contributed by atoms with E-state index < -0.39 is 0 Å². The molecule has 13 rings (SSSR count). The minimum absolute atomic E-state index is 0.0771. The molecule has 0 amide bonds. The van der Waals surface area contributed by atoms with Crippen LogP contribution in [0.1, 0.15) is 120 Å². The number of para-hydroxylation sites is 1. The van der Waals surface area contributed by atoms with E-state index in [9.17, 15) is 0 Å². The van der Waals surface area contributed by atoms with Crippen LogP contribution in [0.5, 0.6) is 11.5 Å². The molecule has 59 heavy (non-hydrogen) atoms. The van der Waals surface area contributed by atoms with Gasteiger partial charge in [0.15, 0.2) is 0 Å². The molecule has 4 bridgehead atoms. The summed E-state index contributed by atoms with van der Waals surface area (Å²) in [6, 6.07) is 49.1. The third-order valence-electron chi connectivity index (χ3n) is 16.8. The van der Waals surface area contributed by atoms with Crippen molar-refractivity contribution in [1.29, 1.82) is 0 Å². The average molecular weight is 772 g/mol. The first-order valence-electron chi connectivity index (χ1n) is 22.6. The highest BCUT2D eigenvalue weighted by molar-refractivity contribution is 5.87. The zero-order valence-corrected chi connectivity index (χ0v) is 35.7. The number of hydrogen-bond donors (Lipinski definition) is 0. The van der Waals surface area contributed by atoms with Gasteiger partial charge in [0, 0.05) is 44.6 Å². The third-order valence-corrected chi connectivity index (χ3v) is 16.8. The van der Waals surface area contributed by atoms with Gasteiger partial charge in [0.2, 0.25) is 0 Å². The third kappa shape index (κ3) is 4.98. The molecular weight excluding hydrogens is 715 g/mol. The van der Waals surface area contributed by atoms with E-state index in [1.807, 2.05) is 0 Å². The fourth-order valence-corrected chi connectivity index (χ4v) is 13.9. The lowest BCUT2D eigenvalue weighted by molar-refractivity contribution is -0.0451. The zero-order chi connectivity index (χ0) is 40.1. The summed E-state index contributed by atoms with van der Waals surface area (Å²) in [6.07, 6.45) is 9.13. The zero-order valence-electron chi connectivity index (χ0n) is 35.7. The highest BCUT2D eigenvalue weighted by Crippen LogP contribution is 2.70. The van der Waals surface area contributed by atoms with Gasteiger partial charge in [-0.05, 0) is 161 Å². The fraction of sp³-hybridized carbons (Fsp3) is 0.368. The Morgan fingerprint density at radius 1 is 0.458 bits per heavy atom. The molecule has 2 nitrogen and oxygen atoms in total. The Labute approximate surface area is 351 Å². The topological polar surface area (TPSA) is 12.5 Å². The first kappa shape index (κ1) is 35.8. The monoisotopic (exact) mass is 771 g/mol. The van der Waals surface area contributed by atoms with Gasteiger partial charge in [0.05, 0.1) is 0 Å². The van der Waals surface area contributed by atoms with Gasteiger partial charge in [-0.1, -0.05) is 126 Å². The van der Waals surface area contributed by atoms with E-state index in [2.05, 4.69) is 174 Å². The normalized spacial score (nSPS) is 26.6. The number of ether oxygens (including phenoxy) is 1. The van der Waals surface area contributed by atoms with Crippen molar-refractivity contribution in [2.24, 2.45) is 23.7 Å². The van der Waals surface area contributed by atoms with Gasteiger partial charge < -0.3 is 9.64 Å². The molecule has 0 unspecified atom stereocenters. The van der Waals surface area contributed by atoms with Crippen LogP contribution >= 0.6 is 0 Å². The summed E-state index contributed by atoms with van der Waals surface area (Å²) in [6.45, 7) is 14.6. The summed E-state index contributed by atoms with van der Waals surface area (Å²) in [4.78, 5) is 2.59. The van der Waals surface area contributed by atoms with Gasteiger partial charge in [-0.2, -0.15) is 0 Å². The molecule has 6 aromatic carbocycles. The van der Waals surface area contributed by atoms with Crippen LogP contribution in [0.25, 0.3) is 22.3 Å². The van der Waals surface area contributed by atoms with Gasteiger partial charge in [0.1, 0.15) is 11.5 Å². The molecule has 4 saturated carbocycles. The van der Waals surface area contributed by atoms with Crippen molar-refractivity contribution < 1.29 is 4.74 Å². The summed E-state index contributed by atoms with van der Waals surface area (Å²) < 4.78 is 7.27. The Morgan fingerprint density at radius 2 is 1.02 bits per heavy atom. The van der Waals surface area contributed by atoms with Crippen molar-refractivity contribution in [2.45, 2.75) is 108 Å². The van der Waals surface area contributed by atoms with E-state index >= 15 is 0 Å². The molecule has 0 N–H and O–H groups in total. The van der Waals surface area contributed by atoms with Gasteiger partial charge >= 0.3 is 0 Å². The minimum atomic E-state index is -0.0935. The van der Waals surface area contributed by atoms with E-state index in [-0.39, 0.29) is 21.7 Å². The van der Waals surface area contributed by atoms with Crippen LogP contribution in [0.2, 0.25) is 0 Å². The molecule has 1 aliphatic heterocycles. The Bertz CT molecular complexity index is 2670. The SMILES string of the molecule is CC1(C)CCC(C)(C)c2cc(N(c3ccc4c(c3)C(C)(C)c3ccccc3-4)c3ccc4c(c3)C3(c5cccc(-c6ccccc6)c5O4)C4CC5CC(C4)CC3C5)ccc21. The van der Waals surface area contributed by atoms with Gasteiger partial charge in [0.25, 0.3) is 0 Å². The molecule has 0 radical (unpaired) electrons. The summed E-state index contributed by atoms with van der Waals surface area (Å²) in [5.41, 5.74) is 17.6. The summed E-state index contributed by atoms with van der Waals surface area (Å²) in [5, 5.41) is 0. The van der Waals surface area contributed by atoms with Crippen molar-refractivity contribution in [3.05, 3.63) is 161 Å². The van der Waals surface area contributed by atoms with E-state index in [0.717, 1.165) is 23.3 Å². The number of hydrogen-bond acceptors (Lipinski definition) is 2. The summed E-state index contributed by atoms with van der Waals surface area (Å²) in [7, 11) is 0. The Morgan fingerprint density at radius 3 is 1.75 bits per heavy atom. The van der Waals surface area contributed by atoms with Crippen LogP contribution in [0, 0.1) is 23.7 Å². The van der Waals surface area contributed by atoms with E-state index in [4.69, 9.17) is 4.74 Å². The van der Waals surface area contributed by atoms with Crippen molar-refractivity contribution in [3.8, 4) is 33.8 Å². The van der Waals surface area contributed by atoms with Gasteiger partial charge in [-0.3, -0.25) is 0 Å². The number of anilines is 3. The molecule has 4 fully saturated rings. The maximum atomic E-state index is 7.27. The quantitative estimate of drug-likeness (QED) is 0.177. The van der Waals surface area contributed by atoms with Crippen LogP contribution in [0.3, 0.4) is 0 Å². The summed E-state index contributed by atoms with van der Waals surface area (Å²) in [5.74, 6) is 5.08. The lowest BCUT2D eigenvalue weighted by atomic mass is 9.41. The lowest BCUT2D eigenvalue weighted by Crippen LogP contribution is -2.57. The minimum Gasteiger partial charge on any atom is -0.456 e. The van der Waals surface area contributed by atoms with Crippen molar-refractivity contribution in [2.75, 3.05) is 4.90 Å². The largest absolute Gasteiger partial charge is 0.456 e. The van der Waals surface area contributed by atoms with Crippen LogP contribution in [0.15, 0.2) is 127 Å². The predicted molar refractivity (Wildman–Crippen MR) is 244 cm³/mol. The predicted octanol–water partition coefficient (Wildman–Crippen LogP) is 15.3. The molecule has 296 valence electrons. The fourth-order valence-electron chi connectivity index (χ4n) is 13.9. The maximum Gasteiger partial charge on any atom is 0.139 e. The molecule has 6 aliphatic carbocycles. The second-order valence-electron chi connectivity index (χ2n) is 21.2. The Hall–Kier alpha value is -5.08. The first-order valence-corrected chi connectivity index (χ1v) is 22.6. The van der Waals surface area contributed by atoms with Crippen LogP contribution in [-0.4, -0.2) is 0 Å². The number of fused-ring (bicyclic) bond motifs is 6. The second kappa shape index (κ2) is 12.2. The first-order chi connectivity index (χ1) is 28.4. The van der Waals surface area contributed by atoms with Crippen LogP contribution < -0.4 is 9.64 Å². The average Bonchev–Trinajstić information content (AvgIpc) is 3.46. The molecule has 6 aromatic rings. The molecular formula is C57H57NO. The standard InChI is InChI=1S/C57H57NO/c1-54(2)25-26-55(3,4)50-33-41(20-23-47(50)54)58(40-19-22-45-44-15-10-11-17-46(44)56(5,6)49(45)32-40)42-21-24-52-51(34-42)57(38-28-35-27-36(30-38)31-39(57)29-35)48-18-12-16-43(53(48)59-52)37-13-8-7-9-14-37/h7-24,32-36,38-39H,25-31H2,1-6H3. The van der Waals surface area contributed by atoms with Gasteiger partial charge in [-0.15, -0.1) is 0 Å². The van der Waals surface area contributed by atoms with Crippen LogP contribution in [-0.2, 0) is 21.7 Å². The van der Waals surface area contributed by atoms with E-state index in [0.29, 0.717) is 11.8 Å². The highest BCUT2D eigenvalue weighted by atomic mass is 16.5. The Balaban J connectivity index is 1.09. The van der Waals surface area contributed by atoms with Crippen molar-refractivity contribution >= 4 is 17.1 Å². The van der Waals surface area contributed by atoms with Crippen molar-refractivity contribution in [1.82, 2.24) is 0 Å². The Kier molecular flexibility index (Phi) is 7.44. The van der Waals surface area contributed by atoms with Crippen LogP contribution in [0.4, 0.5) is 17.1 Å². The number of nitrogens with zero attached hydrogens (tertiary/aromatic N) is 1. The van der Waals surface area contributed by atoms with E-state index in [1.54, 1.807) is 0 Å². The molecule has 7 aliphatic rings. The molecule has 0 aromatic heterocycles.